The van der Waals surface area contributed by atoms with Gasteiger partial charge in [0.05, 0.1) is 15.8 Å². The number of hydrogen-bond donors (Lipinski definition) is 3. The summed E-state index contributed by atoms with van der Waals surface area (Å²) in [6.45, 7) is 0. The fourth-order valence-corrected chi connectivity index (χ4v) is 3.94. The van der Waals surface area contributed by atoms with Crippen LogP contribution in [0.25, 0.3) is 20.8 Å². The molecule has 4 aromatic rings. The van der Waals surface area contributed by atoms with Crippen LogP contribution in [0.2, 0.25) is 0 Å². The molecule has 144 valence electrons. The molecule has 3 N–H and O–H groups in total. The van der Waals surface area contributed by atoms with E-state index in [2.05, 4.69) is 15.6 Å². The molecular weight excluding hydrogens is 409 g/mol. The van der Waals surface area contributed by atoms with Crippen molar-refractivity contribution in [2.75, 3.05) is 5.32 Å². The molecule has 0 atom stereocenters. The molecule has 4 rings (SSSR count). The van der Waals surface area contributed by atoms with E-state index in [1.165, 1.54) is 35.6 Å². The summed E-state index contributed by atoms with van der Waals surface area (Å²) in [6.07, 6.45) is 0. The second kappa shape index (κ2) is 7.94. The first kappa shape index (κ1) is 19.0. The number of rotatable bonds is 3. The minimum Gasteiger partial charge on any atom is -0.507 e. The van der Waals surface area contributed by atoms with Gasteiger partial charge in [-0.05, 0) is 60.7 Å². The molecule has 0 aliphatic heterocycles. The molecule has 0 aliphatic carbocycles. The summed E-state index contributed by atoms with van der Waals surface area (Å²) < 4.78 is 14.3. The molecule has 5 nitrogen and oxygen atoms in total. The first-order valence-electron chi connectivity index (χ1n) is 8.56. The number of carbonyl (C=O) groups is 1. The van der Waals surface area contributed by atoms with E-state index >= 15 is 0 Å². The molecule has 0 radical (unpaired) electrons. The Balaban J connectivity index is 1.53. The van der Waals surface area contributed by atoms with Gasteiger partial charge < -0.3 is 10.4 Å². The van der Waals surface area contributed by atoms with Crippen molar-refractivity contribution in [3.63, 3.8) is 0 Å². The maximum absolute atomic E-state index is 13.3. The van der Waals surface area contributed by atoms with Gasteiger partial charge in [-0.3, -0.25) is 10.1 Å². The number of nitrogens with zero attached hydrogens (tertiary/aromatic N) is 1. The summed E-state index contributed by atoms with van der Waals surface area (Å²) in [7, 11) is 0. The number of phenolic OH excluding ortho intramolecular Hbond substituents is 1. The number of para-hydroxylation sites is 1. The Labute approximate surface area is 174 Å². The minimum absolute atomic E-state index is 0.0557. The normalized spacial score (nSPS) is 10.7. The standard InChI is InChI=1S/C21H14FN3O2S2/c22-13-5-3-4-12(10-13)19(27)25-21(28)23-14-8-9-17(26)15(11-14)20-24-16-6-1-2-7-18(16)29-20/h1-11,26H,(H2,23,25,27,28). The first-order valence-corrected chi connectivity index (χ1v) is 9.79. The van der Waals surface area contributed by atoms with Gasteiger partial charge >= 0.3 is 0 Å². The van der Waals surface area contributed by atoms with Crippen LogP contribution >= 0.6 is 23.6 Å². The predicted octanol–water partition coefficient (Wildman–Crippen LogP) is 4.93. The summed E-state index contributed by atoms with van der Waals surface area (Å²) in [4.78, 5) is 16.7. The molecule has 0 saturated heterocycles. The largest absolute Gasteiger partial charge is 0.507 e. The van der Waals surface area contributed by atoms with Crippen LogP contribution in [-0.2, 0) is 0 Å². The highest BCUT2D eigenvalue weighted by molar-refractivity contribution is 7.80. The maximum Gasteiger partial charge on any atom is 0.257 e. The van der Waals surface area contributed by atoms with Crippen LogP contribution in [0.4, 0.5) is 10.1 Å². The second-order valence-corrected chi connectivity index (χ2v) is 7.58. The molecule has 0 fully saturated rings. The lowest BCUT2D eigenvalue weighted by atomic mass is 10.2. The van der Waals surface area contributed by atoms with Crippen molar-refractivity contribution in [3.8, 4) is 16.3 Å². The third kappa shape index (κ3) is 4.23. The second-order valence-electron chi connectivity index (χ2n) is 6.14. The van der Waals surface area contributed by atoms with Crippen molar-refractivity contribution in [2.45, 2.75) is 0 Å². The summed E-state index contributed by atoms with van der Waals surface area (Å²) in [5, 5.41) is 16.4. The molecule has 1 amide bonds. The summed E-state index contributed by atoms with van der Waals surface area (Å²) >= 11 is 6.64. The van der Waals surface area contributed by atoms with Crippen molar-refractivity contribution in [2.24, 2.45) is 0 Å². The molecule has 1 heterocycles. The third-order valence-corrected chi connectivity index (χ3v) is 5.37. The van der Waals surface area contributed by atoms with Crippen LogP contribution in [0, 0.1) is 5.82 Å². The molecule has 0 aliphatic rings. The molecule has 0 spiro atoms. The highest BCUT2D eigenvalue weighted by Gasteiger charge is 2.13. The van der Waals surface area contributed by atoms with E-state index in [-0.39, 0.29) is 16.4 Å². The fourth-order valence-electron chi connectivity index (χ4n) is 2.74. The van der Waals surface area contributed by atoms with E-state index in [9.17, 15) is 14.3 Å². The van der Waals surface area contributed by atoms with Gasteiger partial charge in [-0.2, -0.15) is 0 Å². The van der Waals surface area contributed by atoms with Gasteiger partial charge in [-0.25, -0.2) is 9.37 Å². The van der Waals surface area contributed by atoms with Crippen molar-refractivity contribution < 1.29 is 14.3 Å². The third-order valence-electron chi connectivity index (χ3n) is 4.09. The molecule has 0 bridgehead atoms. The monoisotopic (exact) mass is 423 g/mol. The lowest BCUT2D eigenvalue weighted by Crippen LogP contribution is -2.34. The number of thiocarbonyl (C=S) groups is 1. The van der Waals surface area contributed by atoms with Crippen LogP contribution in [-0.4, -0.2) is 21.1 Å². The zero-order valence-electron chi connectivity index (χ0n) is 14.8. The highest BCUT2D eigenvalue weighted by atomic mass is 32.1. The van der Waals surface area contributed by atoms with Gasteiger partial charge in [0.15, 0.2) is 5.11 Å². The molecule has 1 aromatic heterocycles. The summed E-state index contributed by atoms with van der Waals surface area (Å²) in [6, 6.07) is 17.9. The van der Waals surface area contributed by atoms with Gasteiger partial charge in [0.25, 0.3) is 5.91 Å². The number of fused-ring (bicyclic) bond motifs is 1. The smallest absolute Gasteiger partial charge is 0.257 e. The van der Waals surface area contributed by atoms with E-state index in [1.54, 1.807) is 12.1 Å². The summed E-state index contributed by atoms with van der Waals surface area (Å²) in [5.41, 5.74) is 2.13. The van der Waals surface area contributed by atoms with Gasteiger partial charge in [0.2, 0.25) is 0 Å². The van der Waals surface area contributed by atoms with E-state index in [1.807, 2.05) is 24.3 Å². The Hall–Kier alpha value is -3.36. The van der Waals surface area contributed by atoms with E-state index < -0.39 is 11.7 Å². The zero-order valence-corrected chi connectivity index (χ0v) is 16.5. The number of benzene rings is 3. The number of nitrogens with one attached hydrogen (secondary N) is 2. The van der Waals surface area contributed by atoms with Crippen molar-refractivity contribution in [1.29, 1.82) is 0 Å². The minimum atomic E-state index is -0.521. The molecule has 29 heavy (non-hydrogen) atoms. The van der Waals surface area contributed by atoms with E-state index in [0.29, 0.717) is 16.3 Å². The molecule has 8 heteroatoms. The quantitative estimate of drug-likeness (QED) is 0.322. The zero-order chi connectivity index (χ0) is 20.4. The molecule has 0 saturated carbocycles. The predicted molar refractivity (Wildman–Crippen MR) is 117 cm³/mol. The number of hydrogen-bond acceptors (Lipinski definition) is 5. The number of aromatic nitrogens is 1. The van der Waals surface area contributed by atoms with E-state index in [0.717, 1.165) is 16.3 Å². The Morgan fingerprint density at radius 2 is 1.90 bits per heavy atom. The van der Waals surface area contributed by atoms with Crippen molar-refractivity contribution in [3.05, 3.63) is 78.1 Å². The molecule has 3 aromatic carbocycles. The molecule has 0 unspecified atom stereocenters. The number of aromatic hydroxyl groups is 1. The maximum atomic E-state index is 13.3. The number of anilines is 1. The molecular formula is C21H14FN3O2S2. The van der Waals surface area contributed by atoms with Crippen molar-refractivity contribution >= 4 is 50.5 Å². The lowest BCUT2D eigenvalue weighted by molar-refractivity contribution is 0.0977. The van der Waals surface area contributed by atoms with Crippen LogP contribution in [0.1, 0.15) is 10.4 Å². The van der Waals surface area contributed by atoms with Gasteiger partial charge in [-0.15, -0.1) is 11.3 Å². The highest BCUT2D eigenvalue weighted by Crippen LogP contribution is 2.36. The van der Waals surface area contributed by atoms with Crippen molar-refractivity contribution in [1.82, 2.24) is 10.3 Å². The average molecular weight is 423 g/mol. The van der Waals surface area contributed by atoms with Crippen LogP contribution in [0.3, 0.4) is 0 Å². The number of carbonyl (C=O) groups excluding carboxylic acids is 1. The Morgan fingerprint density at radius 1 is 1.07 bits per heavy atom. The number of amides is 1. The fraction of sp³-hybridized carbons (Fsp3) is 0. The van der Waals surface area contributed by atoms with Crippen LogP contribution in [0.15, 0.2) is 66.7 Å². The number of thiazole rings is 1. The average Bonchev–Trinajstić information content (AvgIpc) is 3.13. The van der Waals surface area contributed by atoms with Crippen LogP contribution < -0.4 is 10.6 Å². The number of phenols is 1. The Kier molecular flexibility index (Phi) is 5.20. The SMILES string of the molecule is O=C(NC(=S)Nc1ccc(O)c(-c2nc3ccccc3s2)c1)c1cccc(F)c1. The topological polar surface area (TPSA) is 74.2 Å². The summed E-state index contributed by atoms with van der Waals surface area (Å²) in [5.74, 6) is -0.938. The lowest BCUT2D eigenvalue weighted by Gasteiger charge is -2.11. The van der Waals surface area contributed by atoms with Gasteiger partial charge in [-0.1, -0.05) is 18.2 Å². The Morgan fingerprint density at radius 3 is 2.69 bits per heavy atom. The van der Waals surface area contributed by atoms with Crippen LogP contribution in [0.5, 0.6) is 5.75 Å². The number of halogens is 1. The van der Waals surface area contributed by atoms with Gasteiger partial charge in [0, 0.05) is 11.3 Å². The van der Waals surface area contributed by atoms with E-state index in [4.69, 9.17) is 12.2 Å². The first-order chi connectivity index (χ1) is 14.0. The Bertz CT molecular complexity index is 1210. The van der Waals surface area contributed by atoms with Gasteiger partial charge in [0.1, 0.15) is 16.6 Å².